The number of nitriles is 1. The van der Waals surface area contributed by atoms with Crippen LogP contribution in [0.15, 0.2) is 9.98 Å². The molecule has 0 fully saturated rings. The van der Waals surface area contributed by atoms with Gasteiger partial charge < -0.3 is 0 Å². The van der Waals surface area contributed by atoms with Crippen LogP contribution in [0, 0.1) is 11.3 Å². The Morgan fingerprint density at radius 1 is 1.78 bits per heavy atom. The highest BCUT2D eigenvalue weighted by Gasteiger charge is 2.23. The molecular formula is C6H7N3. The molecule has 9 heavy (non-hydrogen) atoms. The molecule has 0 aromatic heterocycles. The van der Waals surface area contributed by atoms with Crippen LogP contribution in [0.5, 0.6) is 0 Å². The van der Waals surface area contributed by atoms with Crippen molar-refractivity contribution in [3.8, 4) is 6.07 Å². The van der Waals surface area contributed by atoms with Gasteiger partial charge in [-0.05, 0) is 13.8 Å². The Morgan fingerprint density at radius 3 is 2.67 bits per heavy atom. The maximum Gasteiger partial charge on any atom is 0.234 e. The highest BCUT2D eigenvalue weighted by molar-refractivity contribution is 6.31. The van der Waals surface area contributed by atoms with Crippen LogP contribution in [-0.4, -0.2) is 17.6 Å². The maximum atomic E-state index is 8.47. The average Bonchev–Trinajstić information content (AvgIpc) is 2.13. The third kappa shape index (κ3) is 0.968. The Bertz CT molecular complexity index is 221. The zero-order chi connectivity index (χ0) is 6.91. The van der Waals surface area contributed by atoms with Gasteiger partial charge in [0.15, 0.2) is 0 Å². The number of rotatable bonds is 0. The van der Waals surface area contributed by atoms with Crippen LogP contribution < -0.4 is 0 Å². The molecule has 1 rings (SSSR count). The summed E-state index contributed by atoms with van der Waals surface area (Å²) in [5.74, 6) is 0. The summed E-state index contributed by atoms with van der Waals surface area (Å²) < 4.78 is 0. The molecular weight excluding hydrogens is 114 g/mol. The summed E-state index contributed by atoms with van der Waals surface area (Å²) in [5, 5.41) is 8.47. The molecule has 1 unspecified atom stereocenters. The van der Waals surface area contributed by atoms with Crippen LogP contribution in [0.2, 0.25) is 0 Å². The van der Waals surface area contributed by atoms with Crippen molar-refractivity contribution in [3.63, 3.8) is 0 Å². The van der Waals surface area contributed by atoms with E-state index in [0.29, 0.717) is 0 Å². The highest BCUT2D eigenvalue weighted by atomic mass is 15.1. The van der Waals surface area contributed by atoms with Gasteiger partial charge in [-0.3, -0.25) is 0 Å². The second-order valence-electron chi connectivity index (χ2n) is 2.14. The first-order valence-corrected chi connectivity index (χ1v) is 2.69. The van der Waals surface area contributed by atoms with E-state index in [2.05, 4.69) is 9.98 Å². The van der Waals surface area contributed by atoms with E-state index in [-0.39, 0.29) is 0 Å². The van der Waals surface area contributed by atoms with Gasteiger partial charge in [-0.25, -0.2) is 9.98 Å². The first-order chi connectivity index (χ1) is 4.16. The van der Waals surface area contributed by atoms with Crippen molar-refractivity contribution in [2.45, 2.75) is 19.5 Å². The summed E-state index contributed by atoms with van der Waals surface area (Å²) >= 11 is 0. The molecule has 0 aliphatic carbocycles. The summed E-state index contributed by atoms with van der Waals surface area (Å²) in [4.78, 5) is 7.85. The third-order valence-corrected chi connectivity index (χ3v) is 1.11. The van der Waals surface area contributed by atoms with Gasteiger partial charge in [-0.2, -0.15) is 5.26 Å². The van der Waals surface area contributed by atoms with E-state index in [1.807, 2.05) is 13.0 Å². The lowest BCUT2D eigenvalue weighted by Crippen LogP contribution is -2.11. The van der Waals surface area contributed by atoms with Crippen molar-refractivity contribution in [2.75, 3.05) is 0 Å². The van der Waals surface area contributed by atoms with E-state index in [9.17, 15) is 0 Å². The number of hydrogen-bond donors (Lipinski definition) is 0. The second kappa shape index (κ2) is 1.66. The maximum absolute atomic E-state index is 8.47. The van der Waals surface area contributed by atoms with Crippen molar-refractivity contribution in [2.24, 2.45) is 9.98 Å². The minimum Gasteiger partial charge on any atom is -0.248 e. The van der Waals surface area contributed by atoms with Crippen molar-refractivity contribution in [1.29, 1.82) is 5.26 Å². The van der Waals surface area contributed by atoms with Crippen molar-refractivity contribution in [1.82, 2.24) is 0 Å². The largest absolute Gasteiger partial charge is 0.248 e. The molecule has 0 saturated heterocycles. The minimum absolute atomic E-state index is 0.819. The Morgan fingerprint density at radius 2 is 2.44 bits per heavy atom. The molecule has 0 radical (unpaired) electrons. The molecule has 0 aromatic rings. The summed E-state index contributed by atoms with van der Waals surface area (Å²) in [7, 11) is 0. The summed E-state index contributed by atoms with van der Waals surface area (Å²) in [6.45, 7) is 3.51. The molecule has 46 valence electrons. The predicted molar refractivity (Wildman–Crippen MR) is 35.6 cm³/mol. The van der Waals surface area contributed by atoms with Crippen molar-refractivity contribution < 1.29 is 0 Å². The standard InChI is InChI=1S/C6H7N3/c1-5-3-8-6(2,4-7)9-5/h3H,1-2H3. The Kier molecular flexibility index (Phi) is 1.10. The lowest BCUT2D eigenvalue weighted by atomic mass is 10.3. The number of hydrogen-bond acceptors (Lipinski definition) is 3. The topological polar surface area (TPSA) is 48.5 Å². The smallest absolute Gasteiger partial charge is 0.234 e. The summed E-state index contributed by atoms with van der Waals surface area (Å²) in [5.41, 5.74) is -0.0107. The van der Waals surface area contributed by atoms with Crippen LogP contribution in [0.4, 0.5) is 0 Å². The fourth-order valence-corrected chi connectivity index (χ4v) is 0.674. The number of nitrogens with zero attached hydrogens (tertiary/aromatic N) is 3. The molecule has 0 N–H and O–H groups in total. The molecule has 0 bridgehead atoms. The molecule has 0 saturated carbocycles. The lowest BCUT2D eigenvalue weighted by molar-refractivity contribution is 0.655. The fraction of sp³-hybridized carbons (Fsp3) is 0.500. The highest BCUT2D eigenvalue weighted by Crippen LogP contribution is 2.14. The zero-order valence-corrected chi connectivity index (χ0v) is 5.42. The van der Waals surface area contributed by atoms with Gasteiger partial charge in [-0.15, -0.1) is 0 Å². The summed E-state index contributed by atoms with van der Waals surface area (Å²) in [6, 6.07) is 1.99. The Hall–Kier alpha value is -1.17. The quantitative estimate of drug-likeness (QED) is 0.467. The summed E-state index contributed by atoms with van der Waals surface area (Å²) in [6.07, 6.45) is 1.61. The first-order valence-electron chi connectivity index (χ1n) is 2.69. The van der Waals surface area contributed by atoms with Crippen LogP contribution >= 0.6 is 0 Å². The minimum atomic E-state index is -0.829. The normalized spacial score (nSPS) is 31.9. The third-order valence-electron chi connectivity index (χ3n) is 1.11. The van der Waals surface area contributed by atoms with Gasteiger partial charge in [0.1, 0.15) is 6.07 Å². The monoisotopic (exact) mass is 121 g/mol. The molecule has 1 heterocycles. The molecule has 0 amide bonds. The van der Waals surface area contributed by atoms with Crippen LogP contribution in [0.3, 0.4) is 0 Å². The lowest BCUT2D eigenvalue weighted by Gasteiger charge is -2.02. The Balaban J connectivity index is 2.94. The molecule has 1 aliphatic heterocycles. The van der Waals surface area contributed by atoms with Crippen molar-refractivity contribution in [3.05, 3.63) is 0 Å². The Labute approximate surface area is 53.7 Å². The molecule has 3 heteroatoms. The van der Waals surface area contributed by atoms with Gasteiger partial charge in [0, 0.05) is 6.21 Å². The SMILES string of the molecule is CC1=NC(C)(C#N)N=C1. The second-order valence-corrected chi connectivity index (χ2v) is 2.14. The molecule has 1 atom stereocenters. The molecule has 0 aromatic carbocycles. The van der Waals surface area contributed by atoms with E-state index >= 15 is 0 Å². The van der Waals surface area contributed by atoms with Crippen LogP contribution in [0.25, 0.3) is 0 Å². The first kappa shape index (κ1) is 5.96. The van der Waals surface area contributed by atoms with Crippen LogP contribution in [-0.2, 0) is 0 Å². The average molecular weight is 121 g/mol. The van der Waals surface area contributed by atoms with E-state index in [1.54, 1.807) is 13.1 Å². The molecule has 0 spiro atoms. The van der Waals surface area contributed by atoms with E-state index < -0.39 is 5.66 Å². The molecule has 1 aliphatic rings. The van der Waals surface area contributed by atoms with Gasteiger partial charge in [-0.1, -0.05) is 0 Å². The number of aliphatic imine (C=N–C) groups is 2. The van der Waals surface area contributed by atoms with Gasteiger partial charge in [0.25, 0.3) is 0 Å². The van der Waals surface area contributed by atoms with Gasteiger partial charge in [0.05, 0.1) is 5.71 Å². The fourth-order valence-electron chi connectivity index (χ4n) is 0.674. The predicted octanol–water partition coefficient (Wildman–Crippen LogP) is 0.771. The van der Waals surface area contributed by atoms with Crippen molar-refractivity contribution >= 4 is 11.9 Å². The molecule has 3 nitrogen and oxygen atoms in total. The van der Waals surface area contributed by atoms with Gasteiger partial charge >= 0.3 is 0 Å². The van der Waals surface area contributed by atoms with E-state index in [0.717, 1.165) is 5.71 Å². The van der Waals surface area contributed by atoms with Crippen LogP contribution in [0.1, 0.15) is 13.8 Å². The van der Waals surface area contributed by atoms with E-state index in [1.165, 1.54) is 0 Å². The van der Waals surface area contributed by atoms with Gasteiger partial charge in [0.2, 0.25) is 5.66 Å². The zero-order valence-electron chi connectivity index (χ0n) is 5.42. The van der Waals surface area contributed by atoms with E-state index in [4.69, 9.17) is 5.26 Å².